The molecule has 1 aliphatic rings. The normalized spacial score (nSPS) is 18.3. The molecule has 0 aromatic carbocycles. The predicted octanol–water partition coefficient (Wildman–Crippen LogP) is 4.94. The standard InChI is InChI=1S/C10H14S2.C2H6.CH4/c1-7-5-8-3-4-9(11-2)6-10(8)12-7;1-2;/h5,9H,3-4,6H2,1-2H3;1-2H3;1H4. The molecule has 1 aromatic heterocycles. The monoisotopic (exact) mass is 244 g/mol. The Morgan fingerprint density at radius 3 is 2.67 bits per heavy atom. The second-order valence-corrected chi connectivity index (χ2v) is 5.88. The lowest BCUT2D eigenvalue weighted by Gasteiger charge is -2.19. The lowest BCUT2D eigenvalue weighted by atomic mass is 9.99. The minimum Gasteiger partial charge on any atom is -0.162 e. The first-order chi connectivity index (χ1) is 6.79. The van der Waals surface area contributed by atoms with Crippen LogP contribution in [0.5, 0.6) is 0 Å². The van der Waals surface area contributed by atoms with Gasteiger partial charge in [0.1, 0.15) is 0 Å². The number of hydrogen-bond donors (Lipinski definition) is 0. The molecule has 15 heavy (non-hydrogen) atoms. The minimum atomic E-state index is 0. The van der Waals surface area contributed by atoms with E-state index in [1.54, 1.807) is 10.4 Å². The van der Waals surface area contributed by atoms with Crippen LogP contribution in [0.3, 0.4) is 0 Å². The van der Waals surface area contributed by atoms with Crippen LogP contribution in [0.4, 0.5) is 0 Å². The molecule has 1 atom stereocenters. The molecular weight excluding hydrogens is 220 g/mol. The molecule has 0 fully saturated rings. The van der Waals surface area contributed by atoms with Crippen LogP contribution in [0.1, 0.15) is 43.0 Å². The van der Waals surface area contributed by atoms with Crippen LogP contribution in [0.15, 0.2) is 6.07 Å². The van der Waals surface area contributed by atoms with E-state index >= 15 is 0 Å². The van der Waals surface area contributed by atoms with E-state index in [4.69, 9.17) is 0 Å². The lowest BCUT2D eigenvalue weighted by molar-refractivity contribution is 0.715. The van der Waals surface area contributed by atoms with Crippen molar-refractivity contribution in [2.75, 3.05) is 6.26 Å². The van der Waals surface area contributed by atoms with E-state index in [0.29, 0.717) is 0 Å². The largest absolute Gasteiger partial charge is 0.162 e. The Morgan fingerprint density at radius 2 is 2.07 bits per heavy atom. The molecule has 1 aromatic rings. The summed E-state index contributed by atoms with van der Waals surface area (Å²) < 4.78 is 0. The summed E-state index contributed by atoms with van der Waals surface area (Å²) in [6.45, 7) is 6.22. The van der Waals surface area contributed by atoms with Crippen LogP contribution in [-0.4, -0.2) is 11.5 Å². The highest BCUT2D eigenvalue weighted by Gasteiger charge is 2.19. The fourth-order valence-electron chi connectivity index (χ4n) is 1.83. The van der Waals surface area contributed by atoms with Crippen molar-refractivity contribution >= 4 is 23.1 Å². The van der Waals surface area contributed by atoms with Gasteiger partial charge >= 0.3 is 0 Å². The van der Waals surface area contributed by atoms with Crippen LogP contribution >= 0.6 is 23.1 Å². The third kappa shape index (κ3) is 3.84. The van der Waals surface area contributed by atoms with Crippen molar-refractivity contribution in [2.45, 2.75) is 52.7 Å². The third-order valence-corrected chi connectivity index (χ3v) is 4.69. The van der Waals surface area contributed by atoms with Crippen LogP contribution < -0.4 is 0 Å². The summed E-state index contributed by atoms with van der Waals surface area (Å²) >= 11 is 4.02. The first-order valence-corrected chi connectivity index (χ1v) is 7.51. The minimum absolute atomic E-state index is 0. The Kier molecular flexibility index (Phi) is 7.37. The highest BCUT2D eigenvalue weighted by Crippen LogP contribution is 2.32. The van der Waals surface area contributed by atoms with Crippen molar-refractivity contribution in [3.63, 3.8) is 0 Å². The molecule has 0 amide bonds. The highest BCUT2D eigenvalue weighted by atomic mass is 32.2. The van der Waals surface area contributed by atoms with Crippen molar-refractivity contribution in [1.82, 2.24) is 0 Å². The van der Waals surface area contributed by atoms with Gasteiger partial charge in [0, 0.05) is 15.0 Å². The maximum absolute atomic E-state index is 2.37. The molecule has 1 aliphatic carbocycles. The van der Waals surface area contributed by atoms with E-state index in [1.807, 2.05) is 36.9 Å². The van der Waals surface area contributed by atoms with Gasteiger partial charge in [-0.3, -0.25) is 0 Å². The summed E-state index contributed by atoms with van der Waals surface area (Å²) in [6.07, 6.45) is 6.24. The van der Waals surface area contributed by atoms with E-state index in [1.165, 1.54) is 24.1 Å². The third-order valence-electron chi connectivity index (χ3n) is 2.50. The van der Waals surface area contributed by atoms with Gasteiger partial charge in [0.05, 0.1) is 0 Å². The Labute approximate surface area is 103 Å². The zero-order chi connectivity index (χ0) is 10.6. The van der Waals surface area contributed by atoms with Crippen LogP contribution in [0, 0.1) is 6.92 Å². The Balaban J connectivity index is 0.000000617. The zero-order valence-electron chi connectivity index (χ0n) is 9.59. The van der Waals surface area contributed by atoms with Crippen molar-refractivity contribution < 1.29 is 0 Å². The first kappa shape index (κ1) is 15.0. The molecular formula is C13H24S2. The molecule has 0 N–H and O–H groups in total. The SMILES string of the molecule is C.CC.CSC1CCc2cc(C)sc2C1. The van der Waals surface area contributed by atoms with E-state index in [9.17, 15) is 0 Å². The Morgan fingerprint density at radius 1 is 1.40 bits per heavy atom. The molecule has 2 heteroatoms. The summed E-state index contributed by atoms with van der Waals surface area (Å²) in [5.41, 5.74) is 1.63. The average Bonchev–Trinajstić information content (AvgIpc) is 2.59. The van der Waals surface area contributed by atoms with Crippen LogP contribution in [0.25, 0.3) is 0 Å². The zero-order valence-corrected chi connectivity index (χ0v) is 11.2. The van der Waals surface area contributed by atoms with Gasteiger partial charge in [0.15, 0.2) is 0 Å². The molecule has 2 rings (SSSR count). The summed E-state index contributed by atoms with van der Waals surface area (Å²) in [7, 11) is 0. The van der Waals surface area contributed by atoms with Crippen LogP contribution in [0.2, 0.25) is 0 Å². The van der Waals surface area contributed by atoms with E-state index in [2.05, 4.69) is 19.2 Å². The summed E-state index contributed by atoms with van der Waals surface area (Å²) in [5.74, 6) is 0. The van der Waals surface area contributed by atoms with Gasteiger partial charge < -0.3 is 0 Å². The lowest BCUT2D eigenvalue weighted by Crippen LogP contribution is -2.13. The van der Waals surface area contributed by atoms with E-state index in [0.717, 1.165) is 5.25 Å². The summed E-state index contributed by atoms with van der Waals surface area (Å²) in [5, 5.41) is 0.885. The highest BCUT2D eigenvalue weighted by molar-refractivity contribution is 7.99. The number of aryl methyl sites for hydroxylation is 2. The van der Waals surface area contributed by atoms with Gasteiger partial charge in [0.25, 0.3) is 0 Å². The number of hydrogen-bond acceptors (Lipinski definition) is 2. The summed E-state index contributed by atoms with van der Waals surface area (Å²) in [6, 6.07) is 2.37. The second-order valence-electron chi connectivity index (χ2n) is 3.41. The molecule has 1 unspecified atom stereocenters. The summed E-state index contributed by atoms with van der Waals surface area (Å²) in [4.78, 5) is 3.14. The first-order valence-electron chi connectivity index (χ1n) is 5.40. The quantitative estimate of drug-likeness (QED) is 0.674. The molecule has 0 saturated carbocycles. The Bertz CT molecular complexity index is 276. The molecule has 0 bridgehead atoms. The maximum atomic E-state index is 2.37. The average molecular weight is 244 g/mol. The molecule has 0 spiro atoms. The van der Waals surface area contributed by atoms with Crippen LogP contribution in [-0.2, 0) is 12.8 Å². The van der Waals surface area contributed by atoms with Gasteiger partial charge in [-0.25, -0.2) is 0 Å². The molecule has 88 valence electrons. The van der Waals surface area contributed by atoms with Gasteiger partial charge in [-0.05, 0) is 44.1 Å². The molecule has 0 saturated heterocycles. The maximum Gasteiger partial charge on any atom is 0.00958 e. The van der Waals surface area contributed by atoms with Gasteiger partial charge in [-0.1, -0.05) is 21.3 Å². The van der Waals surface area contributed by atoms with Gasteiger partial charge in [-0.15, -0.1) is 11.3 Å². The van der Waals surface area contributed by atoms with Crippen molar-refractivity contribution in [1.29, 1.82) is 0 Å². The van der Waals surface area contributed by atoms with E-state index < -0.39 is 0 Å². The molecule has 0 radical (unpaired) electrons. The fourth-order valence-corrected chi connectivity index (χ4v) is 3.78. The van der Waals surface area contributed by atoms with Gasteiger partial charge in [-0.2, -0.15) is 11.8 Å². The second kappa shape index (κ2) is 7.34. The molecule has 0 aliphatic heterocycles. The van der Waals surface area contributed by atoms with Crippen molar-refractivity contribution in [3.8, 4) is 0 Å². The number of thioether (sulfide) groups is 1. The number of thiophene rings is 1. The molecule has 0 nitrogen and oxygen atoms in total. The number of rotatable bonds is 1. The van der Waals surface area contributed by atoms with Crippen molar-refractivity contribution in [3.05, 3.63) is 21.4 Å². The van der Waals surface area contributed by atoms with E-state index in [-0.39, 0.29) is 7.43 Å². The van der Waals surface area contributed by atoms with Gasteiger partial charge in [0.2, 0.25) is 0 Å². The number of fused-ring (bicyclic) bond motifs is 1. The fraction of sp³-hybridized carbons (Fsp3) is 0.692. The smallest absolute Gasteiger partial charge is 0.00958 e. The van der Waals surface area contributed by atoms with Crippen molar-refractivity contribution in [2.24, 2.45) is 0 Å². The predicted molar refractivity (Wildman–Crippen MR) is 76.5 cm³/mol. The molecule has 1 heterocycles. The topological polar surface area (TPSA) is 0 Å². The Hall–Kier alpha value is 0.0500.